The first kappa shape index (κ1) is 17.0. The highest BCUT2D eigenvalue weighted by molar-refractivity contribution is 6.39. The van der Waals surface area contributed by atoms with Gasteiger partial charge in [-0.15, -0.1) is 0 Å². The Morgan fingerprint density at radius 2 is 1.70 bits per heavy atom. The minimum atomic E-state index is -0.613. The average molecular weight is 317 g/mol. The molecule has 2 rings (SSSR count). The van der Waals surface area contributed by atoms with Gasteiger partial charge in [-0.2, -0.15) is 0 Å². The van der Waals surface area contributed by atoms with Crippen LogP contribution in [0.2, 0.25) is 0 Å². The van der Waals surface area contributed by atoms with Crippen LogP contribution >= 0.6 is 0 Å². The van der Waals surface area contributed by atoms with Gasteiger partial charge in [0, 0.05) is 30.9 Å². The Morgan fingerprint density at radius 1 is 1.09 bits per heavy atom. The number of nitrogens with one attached hydrogen (secondary N) is 2. The van der Waals surface area contributed by atoms with Crippen molar-refractivity contribution in [3.63, 3.8) is 0 Å². The molecular weight excluding hydrogens is 294 g/mol. The number of nitrogens with zero attached hydrogens (tertiary/aromatic N) is 1. The van der Waals surface area contributed by atoms with Crippen molar-refractivity contribution in [1.82, 2.24) is 4.90 Å². The number of hydrogen-bond donors (Lipinski definition) is 2. The molecule has 1 unspecified atom stereocenters. The van der Waals surface area contributed by atoms with Crippen molar-refractivity contribution >= 4 is 29.1 Å². The Hall–Kier alpha value is -2.37. The van der Waals surface area contributed by atoms with Crippen molar-refractivity contribution in [3.05, 3.63) is 24.3 Å². The first-order valence-electron chi connectivity index (χ1n) is 8.01. The Morgan fingerprint density at radius 3 is 2.26 bits per heavy atom. The summed E-state index contributed by atoms with van der Waals surface area (Å²) in [6.07, 6.45) is 3.88. The predicted octanol–water partition coefficient (Wildman–Crippen LogP) is 2.37. The van der Waals surface area contributed by atoms with Gasteiger partial charge in [0.2, 0.25) is 5.91 Å². The molecule has 1 aromatic rings. The van der Waals surface area contributed by atoms with Crippen LogP contribution in [0.1, 0.15) is 39.5 Å². The van der Waals surface area contributed by atoms with Gasteiger partial charge in [0.1, 0.15) is 0 Å². The SMILES string of the molecule is CCC1CCCCN1C(=O)C(=O)Nc1ccc(NC(C)=O)cc1. The summed E-state index contributed by atoms with van der Waals surface area (Å²) in [7, 11) is 0. The molecule has 0 bridgehead atoms. The lowest BCUT2D eigenvalue weighted by molar-refractivity contribution is -0.145. The van der Waals surface area contributed by atoms with Gasteiger partial charge < -0.3 is 15.5 Å². The normalized spacial score (nSPS) is 17.5. The van der Waals surface area contributed by atoms with Crippen molar-refractivity contribution in [2.45, 2.75) is 45.6 Å². The van der Waals surface area contributed by atoms with Crippen LogP contribution in [-0.4, -0.2) is 35.2 Å². The van der Waals surface area contributed by atoms with Gasteiger partial charge in [-0.1, -0.05) is 6.92 Å². The Labute approximate surface area is 136 Å². The van der Waals surface area contributed by atoms with Gasteiger partial charge in [-0.05, 0) is 49.9 Å². The fraction of sp³-hybridized carbons (Fsp3) is 0.471. The molecule has 3 amide bonds. The Kier molecular flexibility index (Phi) is 5.73. The van der Waals surface area contributed by atoms with Crippen LogP contribution < -0.4 is 10.6 Å². The lowest BCUT2D eigenvalue weighted by atomic mass is 10.00. The molecule has 0 radical (unpaired) electrons. The Balaban J connectivity index is 1.97. The van der Waals surface area contributed by atoms with Crippen LogP contribution in [0.5, 0.6) is 0 Å². The minimum absolute atomic E-state index is 0.157. The molecule has 0 saturated carbocycles. The fourth-order valence-corrected chi connectivity index (χ4v) is 2.85. The monoisotopic (exact) mass is 317 g/mol. The van der Waals surface area contributed by atoms with Gasteiger partial charge >= 0.3 is 11.8 Å². The molecule has 2 N–H and O–H groups in total. The first-order chi connectivity index (χ1) is 11.0. The van der Waals surface area contributed by atoms with Gasteiger partial charge in [0.05, 0.1) is 0 Å². The molecule has 1 atom stereocenters. The van der Waals surface area contributed by atoms with Gasteiger partial charge in [0.15, 0.2) is 0 Å². The molecule has 1 heterocycles. The number of hydrogen-bond acceptors (Lipinski definition) is 3. The molecule has 23 heavy (non-hydrogen) atoms. The number of carbonyl (C=O) groups excluding carboxylic acids is 3. The number of piperidine rings is 1. The third-order valence-corrected chi connectivity index (χ3v) is 4.02. The summed E-state index contributed by atoms with van der Waals surface area (Å²) in [5, 5.41) is 5.27. The van der Waals surface area contributed by atoms with Crippen LogP contribution in [0.3, 0.4) is 0 Å². The number of amides is 3. The van der Waals surface area contributed by atoms with E-state index < -0.39 is 11.8 Å². The van der Waals surface area contributed by atoms with E-state index in [1.807, 2.05) is 6.92 Å². The van der Waals surface area contributed by atoms with Crippen LogP contribution in [0.15, 0.2) is 24.3 Å². The molecule has 1 aliphatic heterocycles. The molecule has 1 fully saturated rings. The molecule has 0 aromatic heterocycles. The molecule has 0 spiro atoms. The van der Waals surface area contributed by atoms with E-state index >= 15 is 0 Å². The number of anilines is 2. The summed E-state index contributed by atoms with van der Waals surface area (Å²) in [6, 6.07) is 6.83. The van der Waals surface area contributed by atoms with Crippen molar-refractivity contribution in [2.75, 3.05) is 17.2 Å². The first-order valence-corrected chi connectivity index (χ1v) is 8.01. The summed E-state index contributed by atoms with van der Waals surface area (Å²) in [5.41, 5.74) is 1.17. The largest absolute Gasteiger partial charge is 0.331 e. The van der Waals surface area contributed by atoms with E-state index in [1.165, 1.54) is 6.92 Å². The van der Waals surface area contributed by atoms with Gasteiger partial charge in [-0.3, -0.25) is 14.4 Å². The second-order valence-corrected chi connectivity index (χ2v) is 5.77. The van der Waals surface area contributed by atoms with E-state index in [0.29, 0.717) is 17.9 Å². The number of carbonyl (C=O) groups is 3. The third-order valence-electron chi connectivity index (χ3n) is 4.02. The van der Waals surface area contributed by atoms with Crippen LogP contribution in [0.25, 0.3) is 0 Å². The highest BCUT2D eigenvalue weighted by Crippen LogP contribution is 2.20. The van der Waals surface area contributed by atoms with Crippen molar-refractivity contribution in [1.29, 1.82) is 0 Å². The lowest BCUT2D eigenvalue weighted by Gasteiger charge is -2.34. The highest BCUT2D eigenvalue weighted by Gasteiger charge is 2.29. The molecule has 0 aliphatic carbocycles. The van der Waals surface area contributed by atoms with Crippen LogP contribution in [-0.2, 0) is 14.4 Å². The van der Waals surface area contributed by atoms with Crippen molar-refractivity contribution in [2.24, 2.45) is 0 Å². The third kappa shape index (κ3) is 4.55. The fourth-order valence-electron chi connectivity index (χ4n) is 2.85. The molecule has 1 aromatic carbocycles. The summed E-state index contributed by atoms with van der Waals surface area (Å²) in [5.74, 6) is -1.24. The molecule has 124 valence electrons. The smallest absolute Gasteiger partial charge is 0.313 e. The molecule has 6 nitrogen and oxygen atoms in total. The summed E-state index contributed by atoms with van der Waals surface area (Å²) in [4.78, 5) is 37.2. The lowest BCUT2D eigenvalue weighted by Crippen LogP contribution is -2.48. The summed E-state index contributed by atoms with van der Waals surface area (Å²) in [6.45, 7) is 4.11. The second-order valence-electron chi connectivity index (χ2n) is 5.77. The van der Waals surface area contributed by atoms with Crippen molar-refractivity contribution in [3.8, 4) is 0 Å². The van der Waals surface area contributed by atoms with Gasteiger partial charge in [0.25, 0.3) is 0 Å². The standard InChI is InChI=1S/C17H23N3O3/c1-3-15-6-4-5-11-20(15)17(23)16(22)19-14-9-7-13(8-10-14)18-12(2)21/h7-10,15H,3-6,11H2,1-2H3,(H,18,21)(H,19,22). The van der Waals surface area contributed by atoms with E-state index in [0.717, 1.165) is 25.7 Å². The second kappa shape index (κ2) is 7.76. The summed E-state index contributed by atoms with van der Waals surface area (Å²) < 4.78 is 0. The van der Waals surface area contributed by atoms with Gasteiger partial charge in [-0.25, -0.2) is 0 Å². The Bertz CT molecular complexity index is 583. The highest BCUT2D eigenvalue weighted by atomic mass is 16.2. The number of benzene rings is 1. The average Bonchev–Trinajstić information content (AvgIpc) is 2.55. The van der Waals surface area contributed by atoms with Crippen LogP contribution in [0, 0.1) is 0 Å². The van der Waals surface area contributed by atoms with E-state index in [-0.39, 0.29) is 11.9 Å². The van der Waals surface area contributed by atoms with Crippen LogP contribution in [0.4, 0.5) is 11.4 Å². The predicted molar refractivity (Wildman–Crippen MR) is 89.0 cm³/mol. The topological polar surface area (TPSA) is 78.5 Å². The van der Waals surface area contributed by atoms with E-state index in [9.17, 15) is 14.4 Å². The molecular formula is C17H23N3O3. The molecule has 1 saturated heterocycles. The maximum atomic E-state index is 12.3. The maximum absolute atomic E-state index is 12.3. The summed E-state index contributed by atoms with van der Waals surface area (Å²) >= 11 is 0. The maximum Gasteiger partial charge on any atom is 0.313 e. The van der Waals surface area contributed by atoms with Crippen molar-refractivity contribution < 1.29 is 14.4 Å². The minimum Gasteiger partial charge on any atom is -0.331 e. The van der Waals surface area contributed by atoms with E-state index in [2.05, 4.69) is 10.6 Å². The quantitative estimate of drug-likeness (QED) is 0.840. The molecule has 6 heteroatoms. The molecule has 1 aliphatic rings. The zero-order valence-corrected chi connectivity index (χ0v) is 13.6. The van der Waals surface area contributed by atoms with E-state index in [4.69, 9.17) is 0 Å². The number of likely N-dealkylation sites (tertiary alicyclic amines) is 1. The zero-order valence-electron chi connectivity index (χ0n) is 13.6. The zero-order chi connectivity index (χ0) is 16.8. The van der Waals surface area contributed by atoms with E-state index in [1.54, 1.807) is 29.2 Å². The number of rotatable bonds is 3.